The van der Waals surface area contributed by atoms with Crippen molar-refractivity contribution in [3.8, 4) is 33.8 Å². The van der Waals surface area contributed by atoms with Gasteiger partial charge in [-0.25, -0.2) is 0 Å². The van der Waals surface area contributed by atoms with E-state index < -0.39 is 0 Å². The van der Waals surface area contributed by atoms with E-state index in [1.807, 2.05) is 24.3 Å². The minimum atomic E-state index is 0.301. The molecule has 0 heterocycles. The van der Waals surface area contributed by atoms with Gasteiger partial charge in [0.05, 0.1) is 7.11 Å². The summed E-state index contributed by atoms with van der Waals surface area (Å²) in [5, 5.41) is 9.57. The van der Waals surface area contributed by atoms with Crippen LogP contribution in [0.1, 0.15) is 44.6 Å². The van der Waals surface area contributed by atoms with E-state index in [9.17, 15) is 5.11 Å². The van der Waals surface area contributed by atoms with Gasteiger partial charge in [0.2, 0.25) is 0 Å². The van der Waals surface area contributed by atoms with Gasteiger partial charge < -0.3 is 9.84 Å². The van der Waals surface area contributed by atoms with Crippen molar-refractivity contribution < 1.29 is 9.84 Å². The van der Waals surface area contributed by atoms with Crippen LogP contribution < -0.4 is 4.74 Å². The van der Waals surface area contributed by atoms with E-state index in [4.69, 9.17) is 4.74 Å². The third-order valence-electron chi connectivity index (χ3n) is 5.26. The van der Waals surface area contributed by atoms with Crippen LogP contribution >= 0.6 is 0 Å². The normalized spacial score (nSPS) is 10.8. The molecule has 0 aliphatic heterocycles. The highest BCUT2D eigenvalue weighted by molar-refractivity contribution is 5.74. The van der Waals surface area contributed by atoms with Crippen LogP contribution in [0.3, 0.4) is 0 Å². The van der Waals surface area contributed by atoms with Crippen LogP contribution in [0.5, 0.6) is 11.5 Å². The summed E-state index contributed by atoms with van der Waals surface area (Å²) in [6.07, 6.45) is 7.47. The third kappa shape index (κ3) is 5.16. The van der Waals surface area contributed by atoms with Gasteiger partial charge >= 0.3 is 0 Å². The predicted octanol–water partition coefficient (Wildman–Crippen LogP) is 7.25. The van der Waals surface area contributed by atoms with Crippen molar-refractivity contribution >= 4 is 0 Å². The van der Waals surface area contributed by atoms with Crippen molar-refractivity contribution in [2.45, 2.75) is 45.4 Å². The van der Waals surface area contributed by atoms with Crippen LogP contribution in [0, 0.1) is 0 Å². The summed E-state index contributed by atoms with van der Waals surface area (Å²) in [5.41, 5.74) is 6.22. The highest BCUT2D eigenvalue weighted by atomic mass is 16.5. The van der Waals surface area contributed by atoms with Crippen molar-refractivity contribution in [1.82, 2.24) is 0 Å². The summed E-state index contributed by atoms with van der Waals surface area (Å²) in [7, 11) is 1.70. The lowest BCUT2D eigenvalue weighted by Gasteiger charge is -2.13. The maximum absolute atomic E-state index is 9.57. The van der Waals surface area contributed by atoms with E-state index in [0.717, 1.165) is 17.7 Å². The fourth-order valence-electron chi connectivity index (χ4n) is 3.61. The van der Waals surface area contributed by atoms with Crippen molar-refractivity contribution in [2.24, 2.45) is 0 Å². The molecule has 0 amide bonds. The molecule has 0 saturated carbocycles. The van der Waals surface area contributed by atoms with Gasteiger partial charge in [-0.05, 0) is 64.9 Å². The summed E-state index contributed by atoms with van der Waals surface area (Å²) in [5.74, 6) is 1.18. The molecule has 28 heavy (non-hydrogen) atoms. The van der Waals surface area contributed by atoms with E-state index in [-0.39, 0.29) is 0 Å². The van der Waals surface area contributed by atoms with Gasteiger partial charge in [-0.1, -0.05) is 75.1 Å². The summed E-state index contributed by atoms with van der Waals surface area (Å²) >= 11 is 0. The Morgan fingerprint density at radius 2 is 1.36 bits per heavy atom. The summed E-state index contributed by atoms with van der Waals surface area (Å²) < 4.78 is 5.30. The van der Waals surface area contributed by atoms with E-state index in [1.165, 1.54) is 54.4 Å². The molecular formula is C26H30O2. The number of phenolic OH excluding ortho intramolecular Hbond substituents is 1. The minimum Gasteiger partial charge on any atom is -0.508 e. The SMILES string of the molecule is CCCCCCCc1cc(-c2ccc(O)cc2)ccc1-c1ccc(OC)cc1. The van der Waals surface area contributed by atoms with Crippen molar-refractivity contribution in [3.05, 3.63) is 72.3 Å². The number of methoxy groups -OCH3 is 1. The van der Waals surface area contributed by atoms with Crippen molar-refractivity contribution in [2.75, 3.05) is 7.11 Å². The summed E-state index contributed by atoms with van der Waals surface area (Å²) in [6.45, 7) is 2.25. The number of aryl methyl sites for hydroxylation is 1. The first-order valence-corrected chi connectivity index (χ1v) is 10.3. The highest BCUT2D eigenvalue weighted by Crippen LogP contribution is 2.32. The second-order valence-electron chi connectivity index (χ2n) is 7.31. The lowest BCUT2D eigenvalue weighted by molar-refractivity contribution is 0.415. The van der Waals surface area contributed by atoms with Crippen molar-refractivity contribution in [3.63, 3.8) is 0 Å². The molecule has 1 N–H and O–H groups in total. The van der Waals surface area contributed by atoms with Crippen LogP contribution in [-0.4, -0.2) is 12.2 Å². The Morgan fingerprint density at radius 1 is 0.714 bits per heavy atom. The lowest BCUT2D eigenvalue weighted by Crippen LogP contribution is -1.93. The number of aromatic hydroxyl groups is 1. The Kier molecular flexibility index (Phi) is 7.13. The molecule has 3 rings (SSSR count). The number of hydrogen-bond acceptors (Lipinski definition) is 2. The lowest BCUT2D eigenvalue weighted by atomic mass is 9.92. The minimum absolute atomic E-state index is 0.301. The Labute approximate surface area is 168 Å². The van der Waals surface area contributed by atoms with Gasteiger partial charge in [0.25, 0.3) is 0 Å². The van der Waals surface area contributed by atoms with E-state index in [2.05, 4.69) is 37.3 Å². The second kappa shape index (κ2) is 9.98. The Hall–Kier alpha value is -2.74. The molecule has 2 heteroatoms. The third-order valence-corrected chi connectivity index (χ3v) is 5.26. The van der Waals surface area contributed by atoms with Gasteiger partial charge in [-0.3, -0.25) is 0 Å². The summed E-state index contributed by atoms with van der Waals surface area (Å²) in [4.78, 5) is 0. The maximum atomic E-state index is 9.57. The topological polar surface area (TPSA) is 29.5 Å². The van der Waals surface area contributed by atoms with Crippen molar-refractivity contribution in [1.29, 1.82) is 0 Å². The highest BCUT2D eigenvalue weighted by Gasteiger charge is 2.09. The number of rotatable bonds is 9. The standard InChI is InChI=1S/C26H30O2/c1-3-4-5-6-7-8-23-19-22(20-9-14-24(27)15-10-20)13-18-26(23)21-11-16-25(28-2)17-12-21/h9-19,27H,3-8H2,1-2H3. The molecule has 0 fully saturated rings. The smallest absolute Gasteiger partial charge is 0.118 e. The molecule has 0 aliphatic carbocycles. The molecule has 0 atom stereocenters. The number of ether oxygens (including phenoxy) is 1. The number of benzene rings is 3. The first-order chi connectivity index (χ1) is 13.7. The molecular weight excluding hydrogens is 344 g/mol. The summed E-state index contributed by atoms with van der Waals surface area (Å²) in [6, 6.07) is 22.5. The van der Waals surface area contributed by atoms with E-state index >= 15 is 0 Å². The average molecular weight is 375 g/mol. The van der Waals surface area contributed by atoms with E-state index in [1.54, 1.807) is 19.2 Å². The first kappa shape index (κ1) is 20.0. The molecule has 3 aromatic carbocycles. The fraction of sp³-hybridized carbons (Fsp3) is 0.308. The quantitative estimate of drug-likeness (QED) is 0.400. The van der Waals surface area contributed by atoms with Crippen LogP contribution in [0.4, 0.5) is 0 Å². The Balaban J connectivity index is 1.89. The molecule has 0 unspecified atom stereocenters. The van der Waals surface area contributed by atoms with Crippen LogP contribution in [0.2, 0.25) is 0 Å². The molecule has 3 aromatic rings. The average Bonchev–Trinajstić information content (AvgIpc) is 2.74. The number of unbranched alkanes of at least 4 members (excludes halogenated alkanes) is 4. The Morgan fingerprint density at radius 3 is 2.04 bits per heavy atom. The van der Waals surface area contributed by atoms with Crippen LogP contribution in [0.25, 0.3) is 22.3 Å². The second-order valence-corrected chi connectivity index (χ2v) is 7.31. The fourth-order valence-corrected chi connectivity index (χ4v) is 3.61. The van der Waals surface area contributed by atoms with Gasteiger partial charge in [-0.15, -0.1) is 0 Å². The van der Waals surface area contributed by atoms with Gasteiger partial charge in [0.15, 0.2) is 0 Å². The molecule has 0 aromatic heterocycles. The number of phenols is 1. The largest absolute Gasteiger partial charge is 0.508 e. The zero-order chi connectivity index (χ0) is 19.8. The van der Waals surface area contributed by atoms with Gasteiger partial charge in [0, 0.05) is 0 Å². The molecule has 0 saturated heterocycles. The zero-order valence-corrected chi connectivity index (χ0v) is 16.9. The molecule has 0 bridgehead atoms. The molecule has 2 nitrogen and oxygen atoms in total. The zero-order valence-electron chi connectivity index (χ0n) is 16.9. The Bertz CT molecular complexity index is 864. The first-order valence-electron chi connectivity index (χ1n) is 10.3. The van der Waals surface area contributed by atoms with E-state index in [0.29, 0.717) is 5.75 Å². The number of hydrogen-bond donors (Lipinski definition) is 1. The monoisotopic (exact) mass is 374 g/mol. The molecule has 0 spiro atoms. The predicted molar refractivity (Wildman–Crippen MR) is 118 cm³/mol. The van der Waals surface area contributed by atoms with Crippen LogP contribution in [0.15, 0.2) is 66.7 Å². The maximum Gasteiger partial charge on any atom is 0.118 e. The molecule has 146 valence electrons. The van der Waals surface area contributed by atoms with Crippen LogP contribution in [-0.2, 0) is 6.42 Å². The van der Waals surface area contributed by atoms with Gasteiger partial charge in [0.1, 0.15) is 11.5 Å². The molecule has 0 radical (unpaired) electrons. The molecule has 0 aliphatic rings. The van der Waals surface area contributed by atoms with Gasteiger partial charge in [-0.2, -0.15) is 0 Å².